The van der Waals surface area contributed by atoms with E-state index in [0.29, 0.717) is 19.4 Å². The molecule has 2 amide bonds. The molecule has 0 aromatic carbocycles. The number of nitriles is 1. The van der Waals surface area contributed by atoms with Gasteiger partial charge in [-0.2, -0.15) is 18.4 Å². The molecule has 1 aliphatic rings. The highest BCUT2D eigenvalue weighted by molar-refractivity contribution is 6.32. The molecular formula is C22H36BF3N4O6. The van der Waals surface area contributed by atoms with Crippen LogP contribution in [0.15, 0.2) is 11.6 Å². The van der Waals surface area contributed by atoms with Crippen LogP contribution in [0.25, 0.3) is 0 Å². The van der Waals surface area contributed by atoms with Crippen molar-refractivity contribution in [2.75, 3.05) is 26.3 Å². The van der Waals surface area contributed by atoms with E-state index < -0.39 is 56.8 Å². The minimum Gasteiger partial charge on any atom is -0.402 e. The fourth-order valence-electron chi connectivity index (χ4n) is 3.69. The maximum Gasteiger partial charge on any atom is 0.635 e. The summed E-state index contributed by atoms with van der Waals surface area (Å²) in [5, 5.41) is 31.9. The third-order valence-electron chi connectivity index (χ3n) is 5.22. The van der Waals surface area contributed by atoms with E-state index in [0.717, 1.165) is 0 Å². The van der Waals surface area contributed by atoms with E-state index in [4.69, 9.17) is 19.4 Å². The SMILES string of the molecule is CC(C)C=C(C#N)C(=O)N1CCC[C@@H]1COC[C@H](NCC(F)(F)F)C(=O)N[C@@H](CC(C)C)OB(O)O. The molecule has 1 fully saturated rings. The van der Waals surface area contributed by atoms with Gasteiger partial charge in [0.05, 0.1) is 25.8 Å². The van der Waals surface area contributed by atoms with Crippen LogP contribution < -0.4 is 10.6 Å². The van der Waals surface area contributed by atoms with E-state index in [1.807, 2.05) is 19.9 Å². The molecule has 36 heavy (non-hydrogen) atoms. The van der Waals surface area contributed by atoms with Gasteiger partial charge in [-0.1, -0.05) is 33.8 Å². The van der Waals surface area contributed by atoms with Crippen LogP contribution in [0.2, 0.25) is 0 Å². The number of nitrogens with zero attached hydrogens (tertiary/aromatic N) is 2. The zero-order chi connectivity index (χ0) is 27.5. The number of rotatable bonds is 14. The lowest BCUT2D eigenvalue weighted by molar-refractivity contribution is -0.137. The van der Waals surface area contributed by atoms with Crippen LogP contribution in [0.4, 0.5) is 13.2 Å². The molecule has 4 N–H and O–H groups in total. The van der Waals surface area contributed by atoms with Crippen molar-refractivity contribution in [3.8, 4) is 6.07 Å². The van der Waals surface area contributed by atoms with Crippen LogP contribution in [0, 0.1) is 23.2 Å². The van der Waals surface area contributed by atoms with Crippen LogP contribution in [-0.2, 0) is 19.0 Å². The van der Waals surface area contributed by atoms with Crippen molar-refractivity contribution < 1.29 is 42.2 Å². The van der Waals surface area contributed by atoms with Gasteiger partial charge in [0.25, 0.3) is 5.91 Å². The van der Waals surface area contributed by atoms with Gasteiger partial charge in [0.2, 0.25) is 5.91 Å². The van der Waals surface area contributed by atoms with Gasteiger partial charge in [-0.25, -0.2) is 0 Å². The zero-order valence-electron chi connectivity index (χ0n) is 21.0. The number of carbonyl (C=O) groups excluding carboxylic acids is 2. The largest absolute Gasteiger partial charge is 0.635 e. The number of carbonyl (C=O) groups is 2. The number of hydrogen-bond donors (Lipinski definition) is 4. The lowest BCUT2D eigenvalue weighted by atomic mass is 10.1. The van der Waals surface area contributed by atoms with E-state index in [-0.39, 0.29) is 30.4 Å². The highest BCUT2D eigenvalue weighted by atomic mass is 19.4. The summed E-state index contributed by atoms with van der Waals surface area (Å²) in [5.41, 5.74) is 0.0169. The predicted octanol–water partition coefficient (Wildman–Crippen LogP) is 1.09. The van der Waals surface area contributed by atoms with Crippen LogP contribution >= 0.6 is 0 Å². The molecule has 3 atom stereocenters. The summed E-state index contributed by atoms with van der Waals surface area (Å²) < 4.78 is 48.8. The van der Waals surface area contributed by atoms with E-state index in [9.17, 15) is 28.0 Å². The molecule has 1 saturated heterocycles. The minimum absolute atomic E-state index is 0.00433. The summed E-state index contributed by atoms with van der Waals surface area (Å²) in [6.07, 6.45) is -2.72. The monoisotopic (exact) mass is 520 g/mol. The average molecular weight is 520 g/mol. The normalized spacial score (nSPS) is 18.3. The van der Waals surface area contributed by atoms with Crippen molar-refractivity contribution >= 4 is 19.1 Å². The summed E-state index contributed by atoms with van der Waals surface area (Å²) in [6, 6.07) is 0.0847. The minimum atomic E-state index is -4.58. The highest BCUT2D eigenvalue weighted by Crippen LogP contribution is 2.21. The van der Waals surface area contributed by atoms with Crippen LogP contribution in [0.5, 0.6) is 0 Å². The quantitative estimate of drug-likeness (QED) is 0.115. The lowest BCUT2D eigenvalue weighted by Gasteiger charge is -2.27. The Morgan fingerprint density at radius 2 is 1.94 bits per heavy atom. The molecule has 204 valence electrons. The number of alkyl halides is 3. The number of ether oxygens (including phenoxy) is 1. The molecule has 0 unspecified atom stereocenters. The number of likely N-dealkylation sites (tertiary alicyclic amines) is 1. The van der Waals surface area contributed by atoms with Gasteiger partial charge in [0.15, 0.2) is 0 Å². The second-order valence-corrected chi connectivity index (χ2v) is 9.41. The van der Waals surface area contributed by atoms with Gasteiger partial charge < -0.3 is 29.7 Å². The first-order valence-corrected chi connectivity index (χ1v) is 11.9. The van der Waals surface area contributed by atoms with Crippen molar-refractivity contribution in [2.45, 2.75) is 71.4 Å². The second-order valence-electron chi connectivity index (χ2n) is 9.41. The Hall–Kier alpha value is -2.18. The molecule has 0 aliphatic carbocycles. The van der Waals surface area contributed by atoms with Gasteiger partial charge in [0, 0.05) is 6.54 Å². The summed E-state index contributed by atoms with van der Waals surface area (Å²) in [4.78, 5) is 27.0. The van der Waals surface area contributed by atoms with Gasteiger partial charge in [-0.3, -0.25) is 14.9 Å². The fourth-order valence-corrected chi connectivity index (χ4v) is 3.69. The Morgan fingerprint density at radius 1 is 1.28 bits per heavy atom. The molecule has 0 radical (unpaired) electrons. The zero-order valence-corrected chi connectivity index (χ0v) is 21.0. The number of nitrogens with one attached hydrogen (secondary N) is 2. The van der Waals surface area contributed by atoms with Crippen molar-refractivity contribution in [1.29, 1.82) is 5.26 Å². The van der Waals surface area contributed by atoms with Crippen molar-refractivity contribution in [2.24, 2.45) is 11.8 Å². The first kappa shape index (κ1) is 31.9. The summed E-state index contributed by atoms with van der Waals surface area (Å²) in [6.45, 7) is 5.74. The molecule has 0 spiro atoms. The van der Waals surface area contributed by atoms with Gasteiger partial charge in [-0.05, 0) is 31.1 Å². The Morgan fingerprint density at radius 3 is 2.47 bits per heavy atom. The molecule has 0 saturated carbocycles. The Balaban J connectivity index is 2.84. The molecule has 0 aromatic rings. The smallest absolute Gasteiger partial charge is 0.402 e. The number of hydrogen-bond acceptors (Lipinski definition) is 8. The summed E-state index contributed by atoms with van der Waals surface area (Å²) >= 11 is 0. The average Bonchev–Trinajstić information content (AvgIpc) is 3.20. The fraction of sp³-hybridized carbons (Fsp3) is 0.773. The third-order valence-corrected chi connectivity index (χ3v) is 5.22. The first-order valence-electron chi connectivity index (χ1n) is 11.9. The Kier molecular flexibility index (Phi) is 13.4. The molecule has 0 bridgehead atoms. The topological polar surface area (TPSA) is 144 Å². The van der Waals surface area contributed by atoms with Crippen molar-refractivity contribution in [3.63, 3.8) is 0 Å². The van der Waals surface area contributed by atoms with Crippen molar-refractivity contribution in [3.05, 3.63) is 11.6 Å². The van der Waals surface area contributed by atoms with E-state index in [2.05, 4.69) is 10.6 Å². The van der Waals surface area contributed by atoms with Crippen molar-refractivity contribution in [1.82, 2.24) is 15.5 Å². The molecule has 0 aromatic heterocycles. The lowest BCUT2D eigenvalue weighted by Crippen LogP contribution is -2.53. The summed E-state index contributed by atoms with van der Waals surface area (Å²) in [5.74, 6) is -1.34. The molecule has 10 nitrogen and oxygen atoms in total. The Labute approximate surface area is 210 Å². The maximum atomic E-state index is 12.8. The molecule has 1 rings (SSSR count). The standard InChI is InChI=1S/C22H36BF3N4O6/c1-14(2)8-16(10-27)21(32)30-7-5-6-17(30)11-35-12-18(28-13-22(24,25)26)20(31)29-19(9-15(3)4)36-23(33)34/h8,14-15,17-19,28,33-34H,5-7,9,11-13H2,1-4H3,(H,29,31)/t17-,18+,19-/m1/s1. The molecule has 14 heteroatoms. The Bertz CT molecular complexity index is 779. The van der Waals surface area contributed by atoms with Gasteiger partial charge in [0.1, 0.15) is 23.9 Å². The molecular weight excluding hydrogens is 484 g/mol. The summed E-state index contributed by atoms with van der Waals surface area (Å²) in [7, 11) is -2.18. The van der Waals surface area contributed by atoms with Gasteiger partial charge in [-0.15, -0.1) is 0 Å². The van der Waals surface area contributed by atoms with Crippen LogP contribution in [-0.4, -0.2) is 84.9 Å². The van der Waals surface area contributed by atoms with Crippen LogP contribution in [0.1, 0.15) is 47.0 Å². The number of halogens is 3. The first-order chi connectivity index (χ1) is 16.7. The van der Waals surface area contributed by atoms with E-state index >= 15 is 0 Å². The van der Waals surface area contributed by atoms with Gasteiger partial charge >= 0.3 is 13.5 Å². The predicted molar refractivity (Wildman–Crippen MR) is 125 cm³/mol. The second kappa shape index (κ2) is 15.2. The van der Waals surface area contributed by atoms with E-state index in [1.54, 1.807) is 19.9 Å². The van der Waals surface area contributed by atoms with Crippen LogP contribution in [0.3, 0.4) is 0 Å². The third kappa shape index (κ3) is 12.2. The highest BCUT2D eigenvalue weighted by Gasteiger charge is 2.34. The molecule has 1 heterocycles. The number of amides is 2. The maximum absolute atomic E-state index is 12.8. The molecule has 1 aliphatic heterocycles. The van der Waals surface area contributed by atoms with E-state index in [1.165, 1.54) is 4.90 Å². The number of allylic oxidation sites excluding steroid dienone is 1.